The maximum atomic E-state index is 10.6. The second kappa shape index (κ2) is 2.62. The summed E-state index contributed by atoms with van der Waals surface area (Å²) in [6.45, 7) is 0.697. The number of hydrogen-bond donors (Lipinski definition) is 1. The molecular formula is C8H14N2O2. The fourth-order valence-corrected chi connectivity index (χ4v) is 2.06. The zero-order valence-corrected chi connectivity index (χ0v) is 7.08. The first-order valence-electron chi connectivity index (χ1n) is 4.48. The van der Waals surface area contributed by atoms with Crippen molar-refractivity contribution in [2.24, 2.45) is 5.73 Å². The Morgan fingerprint density at radius 3 is 2.42 bits per heavy atom. The van der Waals surface area contributed by atoms with Gasteiger partial charge in [-0.3, -0.25) is 4.84 Å². The van der Waals surface area contributed by atoms with Crippen molar-refractivity contribution in [3.05, 3.63) is 0 Å². The van der Waals surface area contributed by atoms with Crippen molar-refractivity contribution in [1.82, 2.24) is 5.06 Å². The van der Waals surface area contributed by atoms with Gasteiger partial charge in [-0.25, -0.2) is 4.79 Å². The number of hydroxylamine groups is 2. The Bertz CT molecular complexity index is 191. The molecule has 1 aliphatic carbocycles. The topological polar surface area (TPSA) is 55.6 Å². The molecule has 1 spiro atoms. The second-order valence-electron chi connectivity index (χ2n) is 3.71. The Balaban J connectivity index is 1.88. The van der Waals surface area contributed by atoms with Crippen LogP contribution in [-0.4, -0.2) is 23.2 Å². The van der Waals surface area contributed by atoms with Crippen LogP contribution in [0.15, 0.2) is 0 Å². The molecular weight excluding hydrogens is 156 g/mol. The standard InChI is InChI=1S/C8H14N2O2/c9-7(11)10-6-8(12-10)4-2-1-3-5-8/h1-6H2,(H2,9,11). The van der Waals surface area contributed by atoms with Crippen LogP contribution in [-0.2, 0) is 4.84 Å². The first kappa shape index (κ1) is 7.86. The summed E-state index contributed by atoms with van der Waals surface area (Å²) in [5.74, 6) is 0. The zero-order valence-electron chi connectivity index (χ0n) is 7.08. The van der Waals surface area contributed by atoms with Crippen molar-refractivity contribution in [2.75, 3.05) is 6.54 Å². The lowest BCUT2D eigenvalue weighted by atomic mass is 9.83. The molecule has 2 rings (SSSR count). The molecule has 0 aromatic carbocycles. The van der Waals surface area contributed by atoms with Crippen LogP contribution in [0.2, 0.25) is 0 Å². The number of urea groups is 1. The molecule has 0 radical (unpaired) electrons. The van der Waals surface area contributed by atoms with Crippen molar-refractivity contribution in [1.29, 1.82) is 0 Å². The molecule has 0 aromatic rings. The first-order chi connectivity index (χ1) is 5.72. The number of nitrogens with zero attached hydrogens (tertiary/aromatic N) is 1. The van der Waals surface area contributed by atoms with Gasteiger partial charge in [-0.2, -0.15) is 5.06 Å². The number of rotatable bonds is 0. The predicted molar refractivity (Wildman–Crippen MR) is 43.2 cm³/mol. The van der Waals surface area contributed by atoms with E-state index in [0.29, 0.717) is 6.54 Å². The lowest BCUT2D eigenvalue weighted by Crippen LogP contribution is -2.63. The van der Waals surface area contributed by atoms with Crippen LogP contribution in [0.1, 0.15) is 32.1 Å². The van der Waals surface area contributed by atoms with Crippen LogP contribution < -0.4 is 5.73 Å². The van der Waals surface area contributed by atoms with Crippen molar-refractivity contribution < 1.29 is 9.63 Å². The third-order valence-corrected chi connectivity index (χ3v) is 2.75. The second-order valence-corrected chi connectivity index (χ2v) is 3.71. The van der Waals surface area contributed by atoms with Crippen molar-refractivity contribution >= 4 is 6.03 Å². The number of primary amides is 1. The highest BCUT2D eigenvalue weighted by Crippen LogP contribution is 2.39. The van der Waals surface area contributed by atoms with Crippen LogP contribution in [0.4, 0.5) is 4.79 Å². The number of carbonyl (C=O) groups is 1. The molecule has 0 unspecified atom stereocenters. The molecule has 4 heteroatoms. The van der Waals surface area contributed by atoms with E-state index in [0.717, 1.165) is 12.8 Å². The Hall–Kier alpha value is -0.770. The summed E-state index contributed by atoms with van der Waals surface area (Å²) in [5, 5.41) is 1.26. The van der Waals surface area contributed by atoms with Gasteiger partial charge in [0.2, 0.25) is 0 Å². The molecule has 2 amide bonds. The molecule has 4 nitrogen and oxygen atoms in total. The van der Waals surface area contributed by atoms with E-state index in [9.17, 15) is 4.79 Å². The van der Waals surface area contributed by atoms with E-state index in [4.69, 9.17) is 10.6 Å². The molecule has 0 atom stereocenters. The minimum atomic E-state index is -0.466. The highest BCUT2D eigenvalue weighted by atomic mass is 16.7. The Morgan fingerprint density at radius 2 is 1.92 bits per heavy atom. The van der Waals surface area contributed by atoms with E-state index in [1.54, 1.807) is 0 Å². The first-order valence-corrected chi connectivity index (χ1v) is 4.48. The highest BCUT2D eigenvalue weighted by Gasteiger charge is 2.47. The van der Waals surface area contributed by atoms with Crippen LogP contribution in [0.5, 0.6) is 0 Å². The summed E-state index contributed by atoms with van der Waals surface area (Å²) in [7, 11) is 0. The lowest BCUT2D eigenvalue weighted by Gasteiger charge is -2.49. The Morgan fingerprint density at radius 1 is 1.33 bits per heavy atom. The van der Waals surface area contributed by atoms with Gasteiger partial charge in [-0.15, -0.1) is 0 Å². The van der Waals surface area contributed by atoms with Gasteiger partial charge < -0.3 is 5.73 Å². The maximum absolute atomic E-state index is 10.6. The average Bonchev–Trinajstić information content (AvgIpc) is 2.01. The largest absolute Gasteiger partial charge is 0.350 e. The number of carbonyl (C=O) groups excluding carboxylic acids is 1. The Labute approximate surface area is 71.6 Å². The number of amides is 2. The van der Waals surface area contributed by atoms with E-state index >= 15 is 0 Å². The van der Waals surface area contributed by atoms with Gasteiger partial charge in [0, 0.05) is 0 Å². The quantitative estimate of drug-likeness (QED) is 0.590. The molecule has 2 fully saturated rings. The van der Waals surface area contributed by atoms with Gasteiger partial charge in [0.1, 0.15) is 5.60 Å². The van der Waals surface area contributed by atoms with Gasteiger partial charge in [0.15, 0.2) is 0 Å². The fraction of sp³-hybridized carbons (Fsp3) is 0.875. The SMILES string of the molecule is NC(=O)N1CC2(CCCCC2)O1. The summed E-state index contributed by atoms with van der Waals surface area (Å²) in [6.07, 6.45) is 5.88. The van der Waals surface area contributed by atoms with Crippen molar-refractivity contribution in [3.8, 4) is 0 Å². The molecule has 2 N–H and O–H groups in total. The van der Waals surface area contributed by atoms with Gasteiger partial charge in [-0.1, -0.05) is 19.3 Å². The maximum Gasteiger partial charge on any atom is 0.338 e. The lowest BCUT2D eigenvalue weighted by molar-refractivity contribution is -0.328. The summed E-state index contributed by atoms with van der Waals surface area (Å²) in [4.78, 5) is 16.0. The van der Waals surface area contributed by atoms with Gasteiger partial charge in [0.05, 0.1) is 6.54 Å². The minimum absolute atomic E-state index is 0.0206. The predicted octanol–water partition coefficient (Wildman–Crippen LogP) is 1.02. The van der Waals surface area contributed by atoms with Crippen LogP contribution in [0, 0.1) is 0 Å². The summed E-state index contributed by atoms with van der Waals surface area (Å²) in [5.41, 5.74) is 5.03. The van der Waals surface area contributed by atoms with Gasteiger partial charge in [0.25, 0.3) is 0 Å². The molecule has 2 aliphatic rings. The molecule has 1 aliphatic heterocycles. The van der Waals surface area contributed by atoms with E-state index < -0.39 is 6.03 Å². The van der Waals surface area contributed by atoms with E-state index in [2.05, 4.69) is 0 Å². The highest BCUT2D eigenvalue weighted by molar-refractivity contribution is 5.71. The normalized spacial score (nSPS) is 26.8. The smallest absolute Gasteiger partial charge is 0.338 e. The molecule has 1 saturated heterocycles. The van der Waals surface area contributed by atoms with E-state index in [1.165, 1.54) is 24.3 Å². The van der Waals surface area contributed by atoms with Crippen LogP contribution in [0.25, 0.3) is 0 Å². The number of nitrogens with two attached hydrogens (primary N) is 1. The molecule has 1 saturated carbocycles. The van der Waals surface area contributed by atoms with Crippen LogP contribution in [0.3, 0.4) is 0 Å². The summed E-state index contributed by atoms with van der Waals surface area (Å²) in [6, 6.07) is -0.466. The summed E-state index contributed by atoms with van der Waals surface area (Å²) >= 11 is 0. The molecule has 0 bridgehead atoms. The van der Waals surface area contributed by atoms with Gasteiger partial charge in [-0.05, 0) is 12.8 Å². The summed E-state index contributed by atoms with van der Waals surface area (Å²) < 4.78 is 0. The van der Waals surface area contributed by atoms with Gasteiger partial charge >= 0.3 is 6.03 Å². The van der Waals surface area contributed by atoms with Crippen LogP contribution >= 0.6 is 0 Å². The number of hydrogen-bond acceptors (Lipinski definition) is 2. The fourth-order valence-electron chi connectivity index (χ4n) is 2.06. The van der Waals surface area contributed by atoms with Crippen molar-refractivity contribution in [2.45, 2.75) is 37.7 Å². The van der Waals surface area contributed by atoms with Crippen molar-refractivity contribution in [3.63, 3.8) is 0 Å². The average molecular weight is 170 g/mol. The zero-order chi connectivity index (χ0) is 8.60. The Kier molecular flexibility index (Phi) is 1.72. The van der Waals surface area contributed by atoms with E-state index in [-0.39, 0.29) is 5.60 Å². The molecule has 0 aromatic heterocycles. The third-order valence-electron chi connectivity index (χ3n) is 2.75. The molecule has 1 heterocycles. The third kappa shape index (κ3) is 1.16. The molecule has 68 valence electrons. The van der Waals surface area contributed by atoms with E-state index in [1.807, 2.05) is 0 Å². The monoisotopic (exact) mass is 170 g/mol. The molecule has 12 heavy (non-hydrogen) atoms. The minimum Gasteiger partial charge on any atom is -0.350 e.